The summed E-state index contributed by atoms with van der Waals surface area (Å²) in [6.45, 7) is 6.19. The summed E-state index contributed by atoms with van der Waals surface area (Å²) in [6, 6.07) is 6.14. The maximum Gasteiger partial charge on any atom is 0.227 e. The summed E-state index contributed by atoms with van der Waals surface area (Å²) in [4.78, 5) is 13.8. The van der Waals surface area contributed by atoms with Crippen molar-refractivity contribution in [1.29, 1.82) is 0 Å². The zero-order valence-electron chi connectivity index (χ0n) is 10.6. The number of aliphatic hydroxyl groups excluding tert-OH is 1. The van der Waals surface area contributed by atoms with Crippen molar-refractivity contribution in [2.75, 3.05) is 11.5 Å². The first kappa shape index (κ1) is 12.1. The number of nitrogens with zero attached hydrogens (tertiary/aromatic N) is 1. The van der Waals surface area contributed by atoms with Gasteiger partial charge in [-0.2, -0.15) is 0 Å². The largest absolute Gasteiger partial charge is 0.396 e. The Bertz CT molecular complexity index is 442. The van der Waals surface area contributed by atoms with E-state index in [-0.39, 0.29) is 24.5 Å². The molecule has 17 heavy (non-hydrogen) atoms. The van der Waals surface area contributed by atoms with Crippen LogP contribution in [0.25, 0.3) is 0 Å². The molecule has 3 nitrogen and oxygen atoms in total. The van der Waals surface area contributed by atoms with Gasteiger partial charge >= 0.3 is 0 Å². The van der Waals surface area contributed by atoms with Gasteiger partial charge < -0.3 is 10.0 Å². The van der Waals surface area contributed by atoms with Gasteiger partial charge in [0.2, 0.25) is 5.91 Å². The minimum atomic E-state index is 0.0594. The minimum absolute atomic E-state index is 0.0594. The van der Waals surface area contributed by atoms with E-state index in [1.807, 2.05) is 36.9 Å². The maximum atomic E-state index is 12.0. The Kier molecular flexibility index (Phi) is 3.20. The summed E-state index contributed by atoms with van der Waals surface area (Å²) < 4.78 is 0. The normalized spacial score (nSPS) is 24.5. The van der Waals surface area contributed by atoms with Crippen LogP contribution in [0.1, 0.15) is 24.5 Å². The molecule has 92 valence electrons. The summed E-state index contributed by atoms with van der Waals surface area (Å²) in [5, 5.41) is 9.24. The molecule has 0 bridgehead atoms. The van der Waals surface area contributed by atoms with E-state index in [9.17, 15) is 9.90 Å². The quantitative estimate of drug-likeness (QED) is 0.849. The fourth-order valence-corrected chi connectivity index (χ4v) is 2.40. The number of carbonyl (C=O) groups excluding carboxylic acids is 1. The molecule has 1 aliphatic rings. The molecule has 0 aliphatic carbocycles. The fourth-order valence-electron chi connectivity index (χ4n) is 2.40. The summed E-state index contributed by atoms with van der Waals surface area (Å²) in [7, 11) is 0. The number of hydrogen-bond donors (Lipinski definition) is 1. The van der Waals surface area contributed by atoms with Crippen LogP contribution in [-0.4, -0.2) is 23.7 Å². The van der Waals surface area contributed by atoms with E-state index in [0.717, 1.165) is 5.69 Å². The van der Waals surface area contributed by atoms with Gasteiger partial charge in [-0.25, -0.2) is 0 Å². The number of rotatable bonds is 2. The number of aryl methyl sites for hydroxylation is 2. The number of carbonyl (C=O) groups is 1. The standard InChI is InChI=1S/C14H19NO2/c1-9-4-5-13(6-10(9)2)15-11(3)12(8-16)7-14(15)17/h4-6,11-12,16H,7-8H2,1-3H3. The van der Waals surface area contributed by atoms with Gasteiger partial charge in [0.05, 0.1) is 0 Å². The third-order valence-electron chi connectivity index (χ3n) is 3.80. The van der Waals surface area contributed by atoms with Crippen LogP contribution in [-0.2, 0) is 4.79 Å². The highest BCUT2D eigenvalue weighted by molar-refractivity contribution is 5.96. The van der Waals surface area contributed by atoms with E-state index < -0.39 is 0 Å². The molecule has 0 aromatic heterocycles. The lowest BCUT2D eigenvalue weighted by molar-refractivity contribution is -0.117. The van der Waals surface area contributed by atoms with Crippen molar-refractivity contribution in [2.45, 2.75) is 33.2 Å². The minimum Gasteiger partial charge on any atom is -0.396 e. The van der Waals surface area contributed by atoms with Gasteiger partial charge in [0.15, 0.2) is 0 Å². The highest BCUT2D eigenvalue weighted by atomic mass is 16.3. The van der Waals surface area contributed by atoms with Gasteiger partial charge in [0.1, 0.15) is 0 Å². The van der Waals surface area contributed by atoms with E-state index in [1.165, 1.54) is 11.1 Å². The number of benzene rings is 1. The second kappa shape index (κ2) is 4.49. The zero-order valence-corrected chi connectivity index (χ0v) is 10.6. The predicted octanol–water partition coefficient (Wildman–Crippen LogP) is 2.04. The van der Waals surface area contributed by atoms with Crippen LogP contribution in [0, 0.1) is 19.8 Å². The topological polar surface area (TPSA) is 40.5 Å². The van der Waals surface area contributed by atoms with Crippen LogP contribution in [0.15, 0.2) is 18.2 Å². The lowest BCUT2D eigenvalue weighted by Gasteiger charge is -2.24. The first-order chi connectivity index (χ1) is 8.04. The smallest absolute Gasteiger partial charge is 0.227 e. The number of hydrogen-bond acceptors (Lipinski definition) is 2. The Labute approximate surface area is 102 Å². The molecule has 1 aromatic rings. The van der Waals surface area contributed by atoms with Crippen LogP contribution in [0.4, 0.5) is 5.69 Å². The molecule has 3 heteroatoms. The molecule has 1 saturated heterocycles. The second-order valence-corrected chi connectivity index (χ2v) is 4.92. The molecule has 1 amide bonds. The average Bonchev–Trinajstić information content (AvgIpc) is 2.58. The van der Waals surface area contributed by atoms with Crippen molar-refractivity contribution in [1.82, 2.24) is 0 Å². The maximum absolute atomic E-state index is 12.0. The Morgan fingerprint density at radius 3 is 2.59 bits per heavy atom. The number of aliphatic hydroxyl groups is 1. The molecule has 2 unspecified atom stereocenters. The van der Waals surface area contributed by atoms with Gasteiger partial charge in [-0.15, -0.1) is 0 Å². The molecule has 0 radical (unpaired) electrons. The Hall–Kier alpha value is -1.35. The highest BCUT2D eigenvalue weighted by Crippen LogP contribution is 2.31. The predicted molar refractivity (Wildman–Crippen MR) is 68.1 cm³/mol. The van der Waals surface area contributed by atoms with Crippen molar-refractivity contribution in [2.24, 2.45) is 5.92 Å². The Morgan fingerprint density at radius 2 is 2.06 bits per heavy atom. The summed E-state index contributed by atoms with van der Waals surface area (Å²) in [5.41, 5.74) is 3.36. The van der Waals surface area contributed by atoms with Gasteiger partial charge in [0.25, 0.3) is 0 Å². The van der Waals surface area contributed by atoms with Gasteiger partial charge in [0, 0.05) is 30.7 Å². The van der Waals surface area contributed by atoms with Crippen LogP contribution in [0.2, 0.25) is 0 Å². The van der Waals surface area contributed by atoms with E-state index in [0.29, 0.717) is 6.42 Å². The lowest BCUT2D eigenvalue weighted by atomic mass is 10.0. The van der Waals surface area contributed by atoms with Crippen molar-refractivity contribution >= 4 is 11.6 Å². The highest BCUT2D eigenvalue weighted by Gasteiger charge is 2.37. The summed E-state index contributed by atoms with van der Waals surface area (Å²) in [6.07, 6.45) is 0.449. The molecule has 1 aromatic carbocycles. The monoisotopic (exact) mass is 233 g/mol. The van der Waals surface area contributed by atoms with Crippen molar-refractivity contribution in [3.63, 3.8) is 0 Å². The van der Waals surface area contributed by atoms with E-state index in [4.69, 9.17) is 0 Å². The van der Waals surface area contributed by atoms with Gasteiger partial charge in [-0.1, -0.05) is 6.07 Å². The first-order valence-corrected chi connectivity index (χ1v) is 6.04. The van der Waals surface area contributed by atoms with Crippen molar-refractivity contribution < 1.29 is 9.90 Å². The Balaban J connectivity index is 2.33. The van der Waals surface area contributed by atoms with Crippen molar-refractivity contribution in [3.8, 4) is 0 Å². The number of amides is 1. The third-order valence-corrected chi connectivity index (χ3v) is 3.80. The molecule has 2 atom stereocenters. The molecule has 1 heterocycles. The van der Waals surface area contributed by atoms with Gasteiger partial charge in [-0.05, 0) is 44.0 Å². The van der Waals surface area contributed by atoms with Crippen LogP contribution < -0.4 is 4.90 Å². The van der Waals surface area contributed by atoms with Crippen molar-refractivity contribution in [3.05, 3.63) is 29.3 Å². The molecular formula is C14H19NO2. The third kappa shape index (κ3) is 2.07. The summed E-state index contributed by atoms with van der Waals surface area (Å²) in [5.74, 6) is 0.170. The second-order valence-electron chi connectivity index (χ2n) is 4.92. The lowest BCUT2D eigenvalue weighted by Crippen LogP contribution is -2.33. The van der Waals surface area contributed by atoms with E-state index in [2.05, 4.69) is 6.92 Å². The molecule has 1 aliphatic heterocycles. The molecule has 0 spiro atoms. The first-order valence-electron chi connectivity index (χ1n) is 6.04. The molecular weight excluding hydrogens is 214 g/mol. The SMILES string of the molecule is Cc1ccc(N2C(=O)CC(CO)C2C)cc1C. The van der Waals surface area contributed by atoms with Crippen LogP contribution in [0.5, 0.6) is 0 Å². The molecule has 2 rings (SSSR count). The van der Waals surface area contributed by atoms with E-state index in [1.54, 1.807) is 0 Å². The van der Waals surface area contributed by atoms with Crippen LogP contribution >= 0.6 is 0 Å². The fraction of sp³-hybridized carbons (Fsp3) is 0.500. The van der Waals surface area contributed by atoms with Crippen LogP contribution in [0.3, 0.4) is 0 Å². The zero-order chi connectivity index (χ0) is 12.6. The summed E-state index contributed by atoms with van der Waals surface area (Å²) >= 11 is 0. The molecule has 1 N–H and O–H groups in total. The average molecular weight is 233 g/mol. The molecule has 1 fully saturated rings. The number of anilines is 1. The Morgan fingerprint density at radius 1 is 1.35 bits per heavy atom. The van der Waals surface area contributed by atoms with E-state index >= 15 is 0 Å². The van der Waals surface area contributed by atoms with Gasteiger partial charge in [-0.3, -0.25) is 4.79 Å². The molecule has 0 saturated carbocycles.